The first-order chi connectivity index (χ1) is 8.38. The van der Waals surface area contributed by atoms with Crippen molar-refractivity contribution in [3.8, 4) is 17.2 Å². The van der Waals surface area contributed by atoms with Crippen molar-refractivity contribution in [1.29, 1.82) is 0 Å². The van der Waals surface area contributed by atoms with Crippen molar-refractivity contribution < 1.29 is 14.2 Å². The molecule has 3 rings (SSSR count). The fourth-order valence-corrected chi connectivity index (χ4v) is 2.49. The lowest BCUT2D eigenvalue weighted by molar-refractivity contribution is 0.171. The van der Waals surface area contributed by atoms with E-state index in [9.17, 15) is 0 Å². The molecule has 1 saturated heterocycles. The first kappa shape index (κ1) is 10.7. The van der Waals surface area contributed by atoms with Crippen molar-refractivity contribution in [3.63, 3.8) is 0 Å². The minimum Gasteiger partial charge on any atom is -0.493 e. The topological polar surface area (TPSA) is 39.7 Å². The van der Waals surface area contributed by atoms with Gasteiger partial charge in [-0.15, -0.1) is 0 Å². The molecule has 0 bridgehead atoms. The van der Waals surface area contributed by atoms with Gasteiger partial charge < -0.3 is 19.5 Å². The van der Waals surface area contributed by atoms with E-state index in [-0.39, 0.29) is 6.79 Å². The van der Waals surface area contributed by atoms with E-state index in [4.69, 9.17) is 14.2 Å². The normalized spacial score (nSPS) is 22.5. The third-order valence-electron chi connectivity index (χ3n) is 3.39. The summed E-state index contributed by atoms with van der Waals surface area (Å²) in [4.78, 5) is 0. The van der Waals surface area contributed by atoms with Crippen molar-refractivity contribution in [2.75, 3.05) is 20.4 Å². The van der Waals surface area contributed by atoms with Gasteiger partial charge in [-0.25, -0.2) is 0 Å². The largest absolute Gasteiger partial charge is 0.493 e. The third kappa shape index (κ3) is 1.93. The Balaban J connectivity index is 1.94. The molecule has 17 heavy (non-hydrogen) atoms. The van der Waals surface area contributed by atoms with E-state index in [1.165, 1.54) is 24.8 Å². The Morgan fingerprint density at radius 3 is 3.00 bits per heavy atom. The highest BCUT2D eigenvalue weighted by Crippen LogP contribution is 2.43. The summed E-state index contributed by atoms with van der Waals surface area (Å²) in [5.41, 5.74) is 1.23. The van der Waals surface area contributed by atoms with Crippen molar-refractivity contribution in [3.05, 3.63) is 17.7 Å². The van der Waals surface area contributed by atoms with Gasteiger partial charge in [-0.2, -0.15) is 0 Å². The number of ether oxygens (including phenoxy) is 3. The van der Waals surface area contributed by atoms with Crippen LogP contribution < -0.4 is 19.5 Å². The molecule has 4 heteroatoms. The van der Waals surface area contributed by atoms with Gasteiger partial charge in [0.25, 0.3) is 0 Å². The lowest BCUT2D eigenvalue weighted by Gasteiger charge is -2.24. The number of nitrogens with one attached hydrogen (secondary N) is 1. The maximum absolute atomic E-state index is 5.44. The molecular formula is C13H17NO3. The molecule has 1 aromatic carbocycles. The molecule has 0 aromatic heterocycles. The maximum atomic E-state index is 5.44. The van der Waals surface area contributed by atoms with Crippen LogP contribution in [0.15, 0.2) is 12.1 Å². The highest BCUT2D eigenvalue weighted by atomic mass is 16.7. The molecule has 0 spiro atoms. The van der Waals surface area contributed by atoms with Crippen LogP contribution in [0.4, 0.5) is 0 Å². The Bertz CT molecular complexity index is 413. The second-order valence-corrected chi connectivity index (χ2v) is 4.46. The van der Waals surface area contributed by atoms with Gasteiger partial charge in [0.2, 0.25) is 12.5 Å². The van der Waals surface area contributed by atoms with Gasteiger partial charge in [-0.3, -0.25) is 0 Å². The summed E-state index contributed by atoms with van der Waals surface area (Å²) in [5.74, 6) is 2.29. The molecular weight excluding hydrogens is 218 g/mol. The van der Waals surface area contributed by atoms with Crippen molar-refractivity contribution in [2.45, 2.75) is 25.3 Å². The molecule has 4 nitrogen and oxygen atoms in total. The summed E-state index contributed by atoms with van der Waals surface area (Å²) in [6.07, 6.45) is 3.70. The number of piperidine rings is 1. The average Bonchev–Trinajstić information content (AvgIpc) is 2.86. The van der Waals surface area contributed by atoms with Gasteiger partial charge >= 0.3 is 0 Å². The summed E-state index contributed by atoms with van der Waals surface area (Å²) in [5, 5.41) is 3.53. The molecule has 1 unspecified atom stereocenters. The van der Waals surface area contributed by atoms with Gasteiger partial charge in [0, 0.05) is 6.04 Å². The molecule has 0 radical (unpaired) electrons. The Hall–Kier alpha value is -1.42. The average molecular weight is 235 g/mol. The van der Waals surface area contributed by atoms with E-state index in [1.807, 2.05) is 0 Å². The molecule has 1 aromatic rings. The highest BCUT2D eigenvalue weighted by Gasteiger charge is 2.23. The van der Waals surface area contributed by atoms with E-state index in [1.54, 1.807) is 7.11 Å². The number of benzene rings is 1. The zero-order chi connectivity index (χ0) is 11.7. The SMILES string of the molecule is COc1cc(C2CCCCN2)cc2c1OCO2. The fraction of sp³-hybridized carbons (Fsp3) is 0.538. The number of hydrogen-bond acceptors (Lipinski definition) is 4. The van der Waals surface area contributed by atoms with Crippen LogP contribution in [0.1, 0.15) is 30.9 Å². The van der Waals surface area contributed by atoms with Gasteiger partial charge in [-0.05, 0) is 37.1 Å². The van der Waals surface area contributed by atoms with E-state index in [2.05, 4.69) is 17.4 Å². The van der Waals surface area contributed by atoms with Crippen LogP contribution in [0, 0.1) is 0 Å². The highest BCUT2D eigenvalue weighted by molar-refractivity contribution is 5.55. The Morgan fingerprint density at radius 1 is 1.29 bits per heavy atom. The smallest absolute Gasteiger partial charge is 0.231 e. The minimum atomic E-state index is 0.285. The minimum absolute atomic E-state index is 0.285. The Labute approximate surface area is 101 Å². The number of hydrogen-bond donors (Lipinski definition) is 1. The summed E-state index contributed by atoms with van der Waals surface area (Å²) in [6.45, 7) is 1.37. The van der Waals surface area contributed by atoms with Gasteiger partial charge in [0.05, 0.1) is 7.11 Å². The molecule has 1 atom stereocenters. The quantitative estimate of drug-likeness (QED) is 0.853. The third-order valence-corrected chi connectivity index (χ3v) is 3.39. The lowest BCUT2D eigenvalue weighted by Crippen LogP contribution is -2.26. The molecule has 1 fully saturated rings. The molecule has 1 N–H and O–H groups in total. The number of fused-ring (bicyclic) bond motifs is 1. The van der Waals surface area contributed by atoms with E-state index in [0.29, 0.717) is 6.04 Å². The van der Waals surface area contributed by atoms with Crippen molar-refractivity contribution in [1.82, 2.24) is 5.32 Å². The second-order valence-electron chi connectivity index (χ2n) is 4.46. The van der Waals surface area contributed by atoms with Gasteiger partial charge in [0.1, 0.15) is 0 Å². The van der Waals surface area contributed by atoms with Gasteiger partial charge in [0.15, 0.2) is 11.5 Å². The summed E-state index contributed by atoms with van der Waals surface area (Å²) in [7, 11) is 1.66. The molecule has 92 valence electrons. The molecule has 0 amide bonds. The first-order valence-electron chi connectivity index (χ1n) is 6.09. The number of rotatable bonds is 2. The van der Waals surface area contributed by atoms with Crippen molar-refractivity contribution in [2.24, 2.45) is 0 Å². The van der Waals surface area contributed by atoms with E-state index >= 15 is 0 Å². The molecule has 2 aliphatic rings. The molecule has 0 saturated carbocycles. The van der Waals surface area contributed by atoms with Crippen LogP contribution in [-0.4, -0.2) is 20.4 Å². The fourth-order valence-electron chi connectivity index (χ4n) is 2.49. The summed E-state index contributed by atoms with van der Waals surface area (Å²) >= 11 is 0. The van der Waals surface area contributed by atoms with Crippen LogP contribution in [0.25, 0.3) is 0 Å². The Kier molecular flexibility index (Phi) is 2.81. The Morgan fingerprint density at radius 2 is 2.24 bits per heavy atom. The van der Waals surface area contributed by atoms with Crippen LogP contribution in [0.2, 0.25) is 0 Å². The van der Waals surface area contributed by atoms with E-state index < -0.39 is 0 Å². The van der Waals surface area contributed by atoms with Crippen LogP contribution in [-0.2, 0) is 0 Å². The van der Waals surface area contributed by atoms with Crippen molar-refractivity contribution >= 4 is 0 Å². The maximum Gasteiger partial charge on any atom is 0.231 e. The summed E-state index contributed by atoms with van der Waals surface area (Å²) < 4.78 is 16.2. The summed E-state index contributed by atoms with van der Waals surface area (Å²) in [6, 6.07) is 4.52. The molecule has 2 heterocycles. The number of methoxy groups -OCH3 is 1. The molecule has 0 aliphatic carbocycles. The zero-order valence-electron chi connectivity index (χ0n) is 9.99. The predicted octanol–water partition coefficient (Wildman–Crippen LogP) is 2.24. The second kappa shape index (κ2) is 4.45. The first-order valence-corrected chi connectivity index (χ1v) is 6.09. The predicted molar refractivity (Wildman–Crippen MR) is 63.7 cm³/mol. The van der Waals surface area contributed by atoms with E-state index in [0.717, 1.165) is 23.8 Å². The van der Waals surface area contributed by atoms with Crippen LogP contribution >= 0.6 is 0 Å². The van der Waals surface area contributed by atoms with Gasteiger partial charge in [-0.1, -0.05) is 6.42 Å². The molecule has 2 aliphatic heterocycles. The monoisotopic (exact) mass is 235 g/mol. The lowest BCUT2D eigenvalue weighted by atomic mass is 9.97. The van der Waals surface area contributed by atoms with Crippen LogP contribution in [0.5, 0.6) is 17.2 Å². The zero-order valence-corrected chi connectivity index (χ0v) is 9.99. The standard InChI is InChI=1S/C13H17NO3/c1-15-11-6-9(10-4-2-3-5-14-10)7-12-13(11)17-8-16-12/h6-7,10,14H,2-5,8H2,1H3. The van der Waals surface area contributed by atoms with Crippen LogP contribution in [0.3, 0.4) is 0 Å².